The minimum atomic E-state index is -1.03. The molecule has 2 fully saturated rings. The highest BCUT2D eigenvalue weighted by atomic mass is 32.1. The van der Waals surface area contributed by atoms with Crippen LogP contribution in [-0.2, 0) is 19.1 Å². The Kier molecular flexibility index (Phi) is 6.35. The number of carbonyl (C=O) groups is 3. The molecule has 4 rings (SSSR count). The van der Waals surface area contributed by atoms with Gasteiger partial charge in [-0.25, -0.2) is 4.79 Å². The van der Waals surface area contributed by atoms with Crippen LogP contribution in [0, 0.1) is 25.7 Å². The predicted octanol–water partition coefficient (Wildman–Crippen LogP) is 4.42. The van der Waals surface area contributed by atoms with E-state index in [2.05, 4.69) is 5.32 Å². The molecule has 32 heavy (non-hydrogen) atoms. The van der Waals surface area contributed by atoms with Gasteiger partial charge in [0.25, 0.3) is 0 Å². The molecule has 2 aliphatic rings. The summed E-state index contributed by atoms with van der Waals surface area (Å²) in [5, 5.41) is 14.7. The number of fused-ring (bicyclic) bond motifs is 2. The summed E-state index contributed by atoms with van der Waals surface area (Å²) in [6.07, 6.45) is 1.15. The lowest BCUT2D eigenvalue weighted by molar-refractivity contribution is -0.147. The Balaban J connectivity index is 1.68. The van der Waals surface area contributed by atoms with E-state index in [1.165, 1.54) is 11.3 Å². The van der Waals surface area contributed by atoms with E-state index in [0.717, 1.165) is 16.7 Å². The molecule has 8 heteroatoms. The number of carbonyl (C=O) groups excluding carboxylic acids is 2. The monoisotopic (exact) mass is 457 g/mol. The summed E-state index contributed by atoms with van der Waals surface area (Å²) in [5.41, 5.74) is 4.02. The van der Waals surface area contributed by atoms with Gasteiger partial charge < -0.3 is 19.9 Å². The second-order valence-electron chi connectivity index (χ2n) is 8.48. The fraction of sp³-hybridized carbons (Fsp3) is 0.458. The maximum Gasteiger partial charge on any atom is 0.341 e. The third-order valence-electron chi connectivity index (χ3n) is 6.20. The number of ether oxygens (including phenoxy) is 2. The third-order valence-corrected chi connectivity index (χ3v) is 7.10. The molecule has 0 radical (unpaired) electrons. The molecule has 1 aromatic heterocycles. The van der Waals surface area contributed by atoms with Crippen LogP contribution in [0.25, 0.3) is 11.1 Å². The van der Waals surface area contributed by atoms with Crippen molar-refractivity contribution in [1.82, 2.24) is 0 Å². The first-order chi connectivity index (χ1) is 15.3. The van der Waals surface area contributed by atoms with E-state index in [1.807, 2.05) is 44.4 Å². The number of thiophene rings is 1. The Morgan fingerprint density at radius 1 is 1.16 bits per heavy atom. The summed E-state index contributed by atoms with van der Waals surface area (Å²) in [4.78, 5) is 37.9. The van der Waals surface area contributed by atoms with Gasteiger partial charge in [-0.2, -0.15) is 0 Å². The number of benzene rings is 1. The van der Waals surface area contributed by atoms with Crippen LogP contribution in [0.2, 0.25) is 0 Å². The molecule has 0 spiro atoms. The predicted molar refractivity (Wildman–Crippen MR) is 121 cm³/mol. The van der Waals surface area contributed by atoms with Crippen molar-refractivity contribution in [2.24, 2.45) is 11.8 Å². The standard InChI is InChI=1S/C24H27NO6S/c1-4-9-30-24(29)18-15(14-6-5-12(2)10-13(14)3)11-32-22(18)25-21(26)19-16-7-8-17(31-16)20(19)23(27)28/h5-6,10-11,16-17,19-20H,4,7-9H2,1-3H3,(H,25,26)(H,27,28)/t16-,17+,19+,20+/m1/s1. The average molecular weight is 458 g/mol. The molecule has 7 nitrogen and oxygen atoms in total. The summed E-state index contributed by atoms with van der Waals surface area (Å²) >= 11 is 1.24. The third kappa shape index (κ3) is 4.04. The highest BCUT2D eigenvalue weighted by Gasteiger charge is 2.55. The molecule has 2 aliphatic heterocycles. The zero-order valence-corrected chi connectivity index (χ0v) is 19.2. The van der Waals surface area contributed by atoms with E-state index in [9.17, 15) is 19.5 Å². The van der Waals surface area contributed by atoms with Crippen molar-refractivity contribution in [2.45, 2.75) is 52.2 Å². The number of carboxylic acids is 1. The second-order valence-corrected chi connectivity index (χ2v) is 9.36. The largest absolute Gasteiger partial charge is 0.481 e. The molecule has 170 valence electrons. The van der Waals surface area contributed by atoms with Gasteiger partial charge in [-0.3, -0.25) is 9.59 Å². The van der Waals surface area contributed by atoms with Crippen LogP contribution in [-0.4, -0.2) is 41.8 Å². The van der Waals surface area contributed by atoms with Gasteiger partial charge in [0.15, 0.2) is 0 Å². The Labute approximate surface area is 190 Å². The number of amides is 1. The van der Waals surface area contributed by atoms with Crippen molar-refractivity contribution in [3.63, 3.8) is 0 Å². The molecule has 0 saturated carbocycles. The quantitative estimate of drug-likeness (QED) is 0.597. The van der Waals surface area contributed by atoms with Gasteiger partial charge in [0.05, 0.1) is 30.7 Å². The van der Waals surface area contributed by atoms with Crippen molar-refractivity contribution >= 4 is 34.2 Å². The van der Waals surface area contributed by atoms with E-state index < -0.39 is 41.9 Å². The lowest BCUT2D eigenvalue weighted by atomic mass is 9.78. The lowest BCUT2D eigenvalue weighted by Crippen LogP contribution is -2.41. The molecule has 2 saturated heterocycles. The molecule has 3 heterocycles. The SMILES string of the molecule is CCCOC(=O)c1c(-c2ccc(C)cc2C)csc1NC(=O)[C@@H]1[C@@H](C(=O)O)[C@@H]2CC[C@H]1O2. The maximum absolute atomic E-state index is 13.2. The van der Waals surface area contributed by atoms with Crippen molar-refractivity contribution in [3.05, 3.63) is 40.3 Å². The van der Waals surface area contributed by atoms with Gasteiger partial charge in [-0.15, -0.1) is 11.3 Å². The summed E-state index contributed by atoms with van der Waals surface area (Å²) in [6, 6.07) is 5.97. The highest BCUT2D eigenvalue weighted by Crippen LogP contribution is 2.45. The smallest absolute Gasteiger partial charge is 0.341 e. The Morgan fingerprint density at radius 3 is 2.53 bits per heavy atom. The zero-order chi connectivity index (χ0) is 23.0. The van der Waals surface area contributed by atoms with Gasteiger partial charge in [0, 0.05) is 10.9 Å². The fourth-order valence-corrected chi connectivity index (χ4v) is 5.70. The summed E-state index contributed by atoms with van der Waals surface area (Å²) in [5.74, 6) is -3.61. The minimum absolute atomic E-state index is 0.274. The van der Waals surface area contributed by atoms with Crippen LogP contribution in [0.1, 0.15) is 47.7 Å². The van der Waals surface area contributed by atoms with Gasteiger partial charge in [0.1, 0.15) is 10.6 Å². The van der Waals surface area contributed by atoms with Crippen molar-refractivity contribution in [1.29, 1.82) is 0 Å². The molecular formula is C24H27NO6S. The normalized spacial score (nSPS) is 23.8. The van der Waals surface area contributed by atoms with Crippen LogP contribution in [0.3, 0.4) is 0 Å². The molecule has 0 unspecified atom stereocenters. The van der Waals surface area contributed by atoms with E-state index in [4.69, 9.17) is 9.47 Å². The first kappa shape index (κ1) is 22.5. The highest BCUT2D eigenvalue weighted by molar-refractivity contribution is 7.15. The van der Waals surface area contributed by atoms with Crippen LogP contribution in [0.4, 0.5) is 5.00 Å². The van der Waals surface area contributed by atoms with E-state index in [1.54, 1.807) is 0 Å². The first-order valence-corrected chi connectivity index (χ1v) is 11.7. The molecular weight excluding hydrogens is 430 g/mol. The molecule has 1 amide bonds. The first-order valence-electron chi connectivity index (χ1n) is 10.9. The minimum Gasteiger partial charge on any atom is -0.481 e. The fourth-order valence-electron chi connectivity index (χ4n) is 4.75. The number of nitrogens with one attached hydrogen (secondary N) is 1. The summed E-state index contributed by atoms with van der Waals surface area (Å²) in [7, 11) is 0. The van der Waals surface area contributed by atoms with Gasteiger partial charge in [-0.1, -0.05) is 30.7 Å². The van der Waals surface area contributed by atoms with E-state index in [0.29, 0.717) is 35.4 Å². The Morgan fingerprint density at radius 2 is 1.88 bits per heavy atom. The lowest BCUT2D eigenvalue weighted by Gasteiger charge is -2.23. The number of esters is 1. The molecule has 0 aliphatic carbocycles. The number of hydrogen-bond acceptors (Lipinski definition) is 6. The number of anilines is 1. The number of carboxylic acid groups (broad SMARTS) is 1. The molecule has 1 aromatic carbocycles. The Hall–Kier alpha value is -2.71. The average Bonchev–Trinajstić information content (AvgIpc) is 3.46. The van der Waals surface area contributed by atoms with E-state index in [-0.39, 0.29) is 6.61 Å². The molecule has 4 atom stereocenters. The van der Waals surface area contributed by atoms with Gasteiger partial charge in [0.2, 0.25) is 5.91 Å². The van der Waals surface area contributed by atoms with Crippen LogP contribution >= 0.6 is 11.3 Å². The topological polar surface area (TPSA) is 102 Å². The number of hydrogen-bond donors (Lipinski definition) is 2. The molecule has 2 N–H and O–H groups in total. The van der Waals surface area contributed by atoms with Crippen molar-refractivity contribution < 1.29 is 29.0 Å². The van der Waals surface area contributed by atoms with Crippen LogP contribution in [0.15, 0.2) is 23.6 Å². The van der Waals surface area contributed by atoms with Gasteiger partial charge in [-0.05, 0) is 44.2 Å². The van der Waals surface area contributed by atoms with Crippen LogP contribution < -0.4 is 5.32 Å². The zero-order valence-electron chi connectivity index (χ0n) is 18.3. The number of aryl methyl sites for hydroxylation is 2. The van der Waals surface area contributed by atoms with Crippen molar-refractivity contribution in [3.8, 4) is 11.1 Å². The maximum atomic E-state index is 13.2. The second kappa shape index (κ2) is 9.03. The van der Waals surface area contributed by atoms with E-state index >= 15 is 0 Å². The van der Waals surface area contributed by atoms with Gasteiger partial charge >= 0.3 is 11.9 Å². The van der Waals surface area contributed by atoms with Crippen molar-refractivity contribution in [2.75, 3.05) is 11.9 Å². The Bertz CT molecular complexity index is 1060. The van der Waals surface area contributed by atoms with Crippen LogP contribution in [0.5, 0.6) is 0 Å². The molecule has 2 aromatic rings. The molecule has 2 bridgehead atoms. The summed E-state index contributed by atoms with van der Waals surface area (Å²) in [6.45, 7) is 6.16. The number of aliphatic carboxylic acids is 1. The number of rotatable bonds is 7. The summed E-state index contributed by atoms with van der Waals surface area (Å²) < 4.78 is 11.1.